The van der Waals surface area contributed by atoms with E-state index in [1.807, 2.05) is 12.1 Å². The van der Waals surface area contributed by atoms with Gasteiger partial charge in [-0.05, 0) is 24.3 Å². The maximum atomic E-state index is 11.9. The number of anilines is 2. The van der Waals surface area contributed by atoms with E-state index in [1.54, 1.807) is 36.5 Å². The van der Waals surface area contributed by atoms with Gasteiger partial charge in [0.1, 0.15) is 5.82 Å². The second-order valence-corrected chi connectivity index (χ2v) is 6.22. The first-order valence-corrected chi connectivity index (χ1v) is 8.73. The van der Waals surface area contributed by atoms with Gasteiger partial charge in [0.05, 0.1) is 5.75 Å². The van der Waals surface area contributed by atoms with E-state index in [-0.39, 0.29) is 17.6 Å². The van der Waals surface area contributed by atoms with E-state index < -0.39 is 0 Å². The number of carbonyl (C=O) groups excluding carboxylic acids is 2. The Labute approximate surface area is 153 Å². The van der Waals surface area contributed by atoms with Gasteiger partial charge in [-0.3, -0.25) is 14.7 Å². The second kappa shape index (κ2) is 8.26. The molecule has 0 aliphatic carbocycles. The second-order valence-electron chi connectivity index (χ2n) is 5.28. The summed E-state index contributed by atoms with van der Waals surface area (Å²) in [5.74, 6) is 0.899. The Bertz CT molecular complexity index is 912. The minimum absolute atomic E-state index is 0.144. The summed E-state index contributed by atoms with van der Waals surface area (Å²) in [6.07, 6.45) is 1.61. The van der Waals surface area contributed by atoms with E-state index in [9.17, 15) is 9.59 Å². The number of nitrogens with zero attached hydrogens (tertiary/aromatic N) is 3. The number of amides is 2. The van der Waals surface area contributed by atoms with E-state index in [2.05, 4.69) is 30.8 Å². The maximum Gasteiger partial charge on any atom is 0.236 e. The molecule has 26 heavy (non-hydrogen) atoms. The molecular formula is C17H16N6O2S. The molecule has 0 saturated heterocycles. The molecule has 0 bridgehead atoms. The van der Waals surface area contributed by atoms with E-state index in [1.165, 1.54) is 18.7 Å². The highest BCUT2D eigenvalue weighted by molar-refractivity contribution is 7.99. The van der Waals surface area contributed by atoms with Crippen LogP contribution < -0.4 is 10.6 Å². The summed E-state index contributed by atoms with van der Waals surface area (Å²) in [7, 11) is 0. The van der Waals surface area contributed by atoms with Gasteiger partial charge in [0, 0.05) is 24.4 Å². The summed E-state index contributed by atoms with van der Waals surface area (Å²) in [4.78, 5) is 31.5. The predicted octanol–water partition coefficient (Wildman–Crippen LogP) is 2.56. The molecule has 0 atom stereocenters. The number of aromatic nitrogens is 4. The third-order valence-corrected chi connectivity index (χ3v) is 4.03. The topological polar surface area (TPSA) is 113 Å². The van der Waals surface area contributed by atoms with Crippen LogP contribution in [-0.4, -0.2) is 37.7 Å². The maximum absolute atomic E-state index is 11.9. The van der Waals surface area contributed by atoms with Crippen LogP contribution in [0.15, 0.2) is 53.8 Å². The molecule has 3 N–H and O–H groups in total. The van der Waals surface area contributed by atoms with Crippen molar-refractivity contribution in [3.63, 3.8) is 0 Å². The average Bonchev–Trinajstić information content (AvgIpc) is 3.10. The lowest BCUT2D eigenvalue weighted by Crippen LogP contribution is -2.14. The molecule has 3 rings (SSSR count). The average molecular weight is 368 g/mol. The van der Waals surface area contributed by atoms with Crippen LogP contribution in [0.1, 0.15) is 6.92 Å². The molecule has 132 valence electrons. The van der Waals surface area contributed by atoms with E-state index >= 15 is 0 Å². The number of rotatable bonds is 6. The number of hydrogen-bond acceptors (Lipinski definition) is 6. The first-order valence-electron chi connectivity index (χ1n) is 7.74. The van der Waals surface area contributed by atoms with Gasteiger partial charge in [-0.25, -0.2) is 9.97 Å². The summed E-state index contributed by atoms with van der Waals surface area (Å²) < 4.78 is 0. The summed E-state index contributed by atoms with van der Waals surface area (Å²) in [5.41, 5.74) is 1.46. The zero-order valence-corrected chi connectivity index (χ0v) is 14.7. The molecule has 0 saturated carbocycles. The first-order chi connectivity index (χ1) is 12.6. The minimum atomic E-state index is -0.187. The quantitative estimate of drug-likeness (QED) is 0.576. The zero-order valence-electron chi connectivity index (χ0n) is 13.9. The normalized spacial score (nSPS) is 10.3. The number of hydrogen-bond donors (Lipinski definition) is 3. The molecule has 2 amide bonds. The van der Waals surface area contributed by atoms with Gasteiger partial charge in [-0.15, -0.1) is 5.10 Å². The van der Waals surface area contributed by atoms with Gasteiger partial charge in [0.15, 0.2) is 5.82 Å². The molecule has 2 heterocycles. The summed E-state index contributed by atoms with van der Waals surface area (Å²) in [6, 6.07) is 12.6. The number of pyridine rings is 1. The molecule has 8 nitrogen and oxygen atoms in total. The van der Waals surface area contributed by atoms with Crippen LogP contribution in [0.3, 0.4) is 0 Å². The molecule has 3 aromatic rings. The number of carbonyl (C=O) groups is 2. The van der Waals surface area contributed by atoms with Crippen LogP contribution in [0.2, 0.25) is 0 Å². The van der Waals surface area contributed by atoms with Crippen molar-refractivity contribution in [1.29, 1.82) is 0 Å². The highest BCUT2D eigenvalue weighted by Crippen LogP contribution is 2.22. The van der Waals surface area contributed by atoms with Crippen molar-refractivity contribution in [3.05, 3.63) is 48.7 Å². The fraction of sp³-hybridized carbons (Fsp3) is 0.118. The smallest absolute Gasteiger partial charge is 0.236 e. The monoisotopic (exact) mass is 368 g/mol. The largest absolute Gasteiger partial charge is 0.326 e. The molecule has 0 aliphatic heterocycles. The third kappa shape index (κ3) is 4.90. The molecule has 0 fully saturated rings. The standard InChI is InChI=1S/C17H16N6O2S/c1-11(24)19-13-6-4-5-12(9-13)16-21-17(23-22-16)26-10-15(25)20-14-7-2-3-8-18-14/h2-9H,10H2,1H3,(H,19,24)(H,18,20,25)(H,21,22,23). The molecular weight excluding hydrogens is 352 g/mol. The number of aromatic amines is 1. The summed E-state index contributed by atoms with van der Waals surface area (Å²) >= 11 is 1.22. The van der Waals surface area contributed by atoms with E-state index in [0.717, 1.165) is 5.56 Å². The Morgan fingerprint density at radius 3 is 2.81 bits per heavy atom. The molecule has 1 aromatic carbocycles. The van der Waals surface area contributed by atoms with Gasteiger partial charge >= 0.3 is 0 Å². The Morgan fingerprint density at radius 1 is 1.15 bits per heavy atom. The van der Waals surface area contributed by atoms with E-state index in [0.29, 0.717) is 22.5 Å². The van der Waals surface area contributed by atoms with Crippen LogP contribution in [0.25, 0.3) is 11.4 Å². The van der Waals surface area contributed by atoms with Crippen LogP contribution in [-0.2, 0) is 9.59 Å². The summed E-state index contributed by atoms with van der Waals surface area (Å²) in [5, 5.41) is 12.8. The van der Waals surface area contributed by atoms with Gasteiger partial charge in [-0.2, -0.15) is 0 Å². The molecule has 0 spiro atoms. The van der Waals surface area contributed by atoms with Crippen LogP contribution in [0.4, 0.5) is 11.5 Å². The lowest BCUT2D eigenvalue weighted by Gasteiger charge is -2.03. The van der Waals surface area contributed by atoms with Gasteiger partial charge < -0.3 is 10.6 Å². The Morgan fingerprint density at radius 2 is 2.04 bits per heavy atom. The van der Waals surface area contributed by atoms with Crippen molar-refractivity contribution in [3.8, 4) is 11.4 Å². The van der Waals surface area contributed by atoms with Crippen molar-refractivity contribution < 1.29 is 9.59 Å². The van der Waals surface area contributed by atoms with Gasteiger partial charge in [0.25, 0.3) is 0 Å². The Hall–Kier alpha value is -3.20. The zero-order chi connectivity index (χ0) is 18.4. The Balaban J connectivity index is 1.59. The van der Waals surface area contributed by atoms with Crippen molar-refractivity contribution in [2.75, 3.05) is 16.4 Å². The molecule has 0 aliphatic rings. The van der Waals surface area contributed by atoms with Gasteiger partial charge in [0.2, 0.25) is 17.0 Å². The van der Waals surface area contributed by atoms with Crippen LogP contribution in [0.5, 0.6) is 0 Å². The Kier molecular flexibility index (Phi) is 5.59. The lowest BCUT2D eigenvalue weighted by atomic mass is 10.2. The number of thioether (sulfide) groups is 1. The highest BCUT2D eigenvalue weighted by atomic mass is 32.2. The lowest BCUT2D eigenvalue weighted by molar-refractivity contribution is -0.114. The first kappa shape index (κ1) is 17.6. The highest BCUT2D eigenvalue weighted by Gasteiger charge is 2.10. The molecule has 9 heteroatoms. The molecule has 2 aromatic heterocycles. The van der Waals surface area contributed by atoms with Gasteiger partial charge in [-0.1, -0.05) is 30.0 Å². The summed E-state index contributed by atoms with van der Waals surface area (Å²) in [6.45, 7) is 1.45. The van der Waals surface area contributed by atoms with E-state index in [4.69, 9.17) is 0 Å². The fourth-order valence-electron chi connectivity index (χ4n) is 2.13. The van der Waals surface area contributed by atoms with Crippen molar-refractivity contribution >= 4 is 35.1 Å². The van der Waals surface area contributed by atoms with Crippen LogP contribution >= 0.6 is 11.8 Å². The van der Waals surface area contributed by atoms with Crippen molar-refractivity contribution in [2.45, 2.75) is 12.1 Å². The number of nitrogens with one attached hydrogen (secondary N) is 3. The molecule has 0 radical (unpaired) electrons. The van der Waals surface area contributed by atoms with Crippen LogP contribution in [0, 0.1) is 0 Å². The number of H-pyrrole nitrogens is 1. The number of benzene rings is 1. The van der Waals surface area contributed by atoms with Crippen molar-refractivity contribution in [2.24, 2.45) is 0 Å². The predicted molar refractivity (Wildman–Crippen MR) is 99.7 cm³/mol. The molecule has 0 unspecified atom stereocenters. The van der Waals surface area contributed by atoms with Crippen molar-refractivity contribution in [1.82, 2.24) is 20.2 Å². The minimum Gasteiger partial charge on any atom is -0.326 e. The third-order valence-electron chi connectivity index (χ3n) is 3.19. The fourth-order valence-corrected chi connectivity index (χ4v) is 2.73. The SMILES string of the molecule is CC(=O)Nc1cccc(-c2nc(SCC(=O)Nc3ccccn3)n[nH]2)c1.